The van der Waals surface area contributed by atoms with Gasteiger partial charge in [-0.15, -0.1) is 0 Å². The summed E-state index contributed by atoms with van der Waals surface area (Å²) in [5.41, 5.74) is 0. The van der Waals surface area contributed by atoms with E-state index >= 15 is 0 Å². The Morgan fingerprint density at radius 3 is 2.22 bits per heavy atom. The maximum Gasteiger partial charge on any atom is 0.0891 e. The van der Waals surface area contributed by atoms with Crippen molar-refractivity contribution in [3.63, 3.8) is 0 Å². The summed E-state index contributed by atoms with van der Waals surface area (Å²) in [6.45, 7) is 1.45. The summed E-state index contributed by atoms with van der Waals surface area (Å²) in [5, 5.41) is 0. The summed E-state index contributed by atoms with van der Waals surface area (Å²) in [5.74, 6) is 1.09. The second-order valence-electron chi connectivity index (χ2n) is 4.29. The van der Waals surface area contributed by atoms with Gasteiger partial charge in [0.25, 0.3) is 0 Å². The number of piperidine rings is 1. The average Bonchev–Trinajstić information content (AvgIpc) is 2.19. The van der Waals surface area contributed by atoms with Gasteiger partial charge in [0.05, 0.1) is 26.7 Å². The molecule has 1 heteroatoms. The Morgan fingerprint density at radius 2 is 2.00 bits per heavy atom. The summed E-state index contributed by atoms with van der Waals surface area (Å²) >= 11 is 0. The van der Waals surface area contributed by atoms with Crippen molar-refractivity contribution in [1.29, 1.82) is 0 Å². The lowest BCUT2D eigenvalue weighted by atomic mass is 10.1. The van der Waals surface area contributed by atoms with Crippen molar-refractivity contribution in [2.75, 3.05) is 20.6 Å². The molecule has 9 heavy (non-hydrogen) atoms. The van der Waals surface area contributed by atoms with Gasteiger partial charge >= 0.3 is 0 Å². The van der Waals surface area contributed by atoms with Crippen LogP contribution in [0.2, 0.25) is 0 Å². The zero-order chi connectivity index (χ0) is 6.48. The van der Waals surface area contributed by atoms with Gasteiger partial charge in [-0.3, -0.25) is 0 Å². The molecule has 1 heterocycles. The van der Waals surface area contributed by atoms with Crippen LogP contribution in [0.1, 0.15) is 19.3 Å². The van der Waals surface area contributed by atoms with Crippen molar-refractivity contribution in [3.05, 3.63) is 0 Å². The molecule has 0 radical (unpaired) electrons. The zero-order valence-corrected chi connectivity index (χ0v) is 6.43. The van der Waals surface area contributed by atoms with E-state index in [2.05, 4.69) is 14.1 Å². The summed E-state index contributed by atoms with van der Waals surface area (Å²) < 4.78 is 1.31. The molecule has 1 saturated heterocycles. The van der Waals surface area contributed by atoms with Crippen LogP contribution in [0.5, 0.6) is 0 Å². The van der Waals surface area contributed by atoms with E-state index in [-0.39, 0.29) is 0 Å². The standard InChI is InChI=1S/C8H16N/c1-9(2)6-7-3-4-8(9)5-7/h7-8H,3-6H2,1-2H3/q+1/t7-,8-/m0/s1. The van der Waals surface area contributed by atoms with Gasteiger partial charge in [-0.1, -0.05) is 0 Å². The molecule has 2 fully saturated rings. The van der Waals surface area contributed by atoms with Crippen LogP contribution < -0.4 is 0 Å². The van der Waals surface area contributed by atoms with Gasteiger partial charge in [-0.2, -0.15) is 0 Å². The molecule has 0 spiro atoms. The Balaban J connectivity index is 2.18. The topological polar surface area (TPSA) is 0 Å². The van der Waals surface area contributed by atoms with Gasteiger partial charge in [0.2, 0.25) is 0 Å². The van der Waals surface area contributed by atoms with Crippen LogP contribution in [-0.4, -0.2) is 31.2 Å². The molecule has 0 N–H and O–H groups in total. The first-order valence-electron chi connectivity index (χ1n) is 4.01. The number of likely N-dealkylation sites (tertiary alicyclic amines) is 1. The largest absolute Gasteiger partial charge is 0.326 e. The Labute approximate surface area is 57.3 Å². The smallest absolute Gasteiger partial charge is 0.0891 e. The lowest BCUT2D eigenvalue weighted by Crippen LogP contribution is -2.45. The quantitative estimate of drug-likeness (QED) is 0.428. The average molecular weight is 126 g/mol. The van der Waals surface area contributed by atoms with Crippen molar-refractivity contribution in [1.82, 2.24) is 0 Å². The molecule has 0 amide bonds. The molecule has 2 aliphatic rings. The zero-order valence-electron chi connectivity index (χ0n) is 6.43. The van der Waals surface area contributed by atoms with Gasteiger partial charge in [-0.05, 0) is 12.8 Å². The molecule has 52 valence electrons. The first-order valence-corrected chi connectivity index (χ1v) is 4.01. The molecule has 1 aliphatic heterocycles. The maximum absolute atomic E-state index is 2.38. The summed E-state index contributed by atoms with van der Waals surface area (Å²) in [6.07, 6.45) is 4.54. The van der Waals surface area contributed by atoms with E-state index in [1.54, 1.807) is 0 Å². The molecule has 1 nitrogen and oxygen atoms in total. The highest BCUT2D eigenvalue weighted by molar-refractivity contribution is 4.82. The number of nitrogens with zero attached hydrogens (tertiary/aromatic N) is 1. The van der Waals surface area contributed by atoms with Crippen molar-refractivity contribution in [3.8, 4) is 0 Å². The van der Waals surface area contributed by atoms with Crippen molar-refractivity contribution in [2.24, 2.45) is 5.92 Å². The fraction of sp³-hybridized carbons (Fsp3) is 1.00. The van der Waals surface area contributed by atoms with E-state index in [1.807, 2.05) is 0 Å². The van der Waals surface area contributed by atoms with Crippen molar-refractivity contribution < 1.29 is 4.48 Å². The minimum absolute atomic E-state index is 1.02. The molecule has 1 saturated carbocycles. The van der Waals surface area contributed by atoms with Gasteiger partial charge in [-0.25, -0.2) is 0 Å². The first-order chi connectivity index (χ1) is 4.18. The van der Waals surface area contributed by atoms with Gasteiger partial charge in [0.1, 0.15) is 0 Å². The molecule has 0 aromatic carbocycles. The molecule has 0 unspecified atom stereocenters. The highest BCUT2D eigenvalue weighted by Gasteiger charge is 2.45. The Kier molecular flexibility index (Phi) is 0.963. The minimum atomic E-state index is 1.02. The third-order valence-corrected chi connectivity index (χ3v) is 3.23. The number of rotatable bonds is 0. The number of hydrogen-bond acceptors (Lipinski definition) is 0. The Bertz CT molecular complexity index is 129. The normalized spacial score (nSPS) is 46.0. The van der Waals surface area contributed by atoms with E-state index in [1.165, 1.54) is 30.3 Å². The Morgan fingerprint density at radius 1 is 1.22 bits per heavy atom. The fourth-order valence-corrected chi connectivity index (χ4v) is 2.66. The van der Waals surface area contributed by atoms with Gasteiger partial charge in [0, 0.05) is 12.3 Å². The monoisotopic (exact) mass is 126 g/mol. The van der Waals surface area contributed by atoms with Crippen LogP contribution in [-0.2, 0) is 0 Å². The number of hydrogen-bond donors (Lipinski definition) is 0. The summed E-state index contributed by atoms with van der Waals surface area (Å²) in [4.78, 5) is 0. The third-order valence-electron chi connectivity index (χ3n) is 3.23. The van der Waals surface area contributed by atoms with E-state index < -0.39 is 0 Å². The maximum atomic E-state index is 2.38. The van der Waals surface area contributed by atoms with Crippen LogP contribution in [0, 0.1) is 5.92 Å². The van der Waals surface area contributed by atoms with Crippen LogP contribution >= 0.6 is 0 Å². The molecular formula is C8H16N+. The molecule has 2 rings (SSSR count). The lowest BCUT2D eigenvalue weighted by Gasteiger charge is -2.33. The summed E-state index contributed by atoms with van der Waals surface area (Å²) in [6, 6.07) is 1.02. The van der Waals surface area contributed by atoms with E-state index in [4.69, 9.17) is 0 Å². The van der Waals surface area contributed by atoms with Gasteiger partial charge in [0.15, 0.2) is 0 Å². The molecule has 2 atom stereocenters. The van der Waals surface area contributed by atoms with E-state index in [9.17, 15) is 0 Å². The summed E-state index contributed by atoms with van der Waals surface area (Å²) in [7, 11) is 4.76. The predicted molar refractivity (Wildman–Crippen MR) is 38.1 cm³/mol. The van der Waals surface area contributed by atoms with E-state index in [0.717, 1.165) is 12.0 Å². The van der Waals surface area contributed by atoms with Crippen LogP contribution in [0.4, 0.5) is 0 Å². The van der Waals surface area contributed by atoms with Crippen molar-refractivity contribution in [2.45, 2.75) is 25.3 Å². The van der Waals surface area contributed by atoms with Crippen LogP contribution in [0.3, 0.4) is 0 Å². The minimum Gasteiger partial charge on any atom is -0.326 e. The Hall–Kier alpha value is -0.0400. The first kappa shape index (κ1) is 5.72. The molecule has 0 aromatic rings. The fourth-order valence-electron chi connectivity index (χ4n) is 2.66. The van der Waals surface area contributed by atoms with Crippen LogP contribution in [0.25, 0.3) is 0 Å². The van der Waals surface area contributed by atoms with Crippen LogP contribution in [0.15, 0.2) is 0 Å². The SMILES string of the molecule is C[N+]1(C)C[C@H]2CC[C@H]1C2. The number of quaternary nitrogens is 1. The molecule has 2 bridgehead atoms. The van der Waals surface area contributed by atoms with Crippen molar-refractivity contribution >= 4 is 0 Å². The predicted octanol–water partition coefficient (Wildman–Crippen LogP) is 1.25. The molecular weight excluding hydrogens is 110 g/mol. The molecule has 0 aromatic heterocycles. The second kappa shape index (κ2) is 1.51. The highest BCUT2D eigenvalue weighted by Crippen LogP contribution is 2.40. The lowest BCUT2D eigenvalue weighted by molar-refractivity contribution is -0.907. The second-order valence-corrected chi connectivity index (χ2v) is 4.29. The molecule has 1 aliphatic carbocycles. The number of fused-ring (bicyclic) bond motifs is 2. The highest BCUT2D eigenvalue weighted by atomic mass is 15.4. The van der Waals surface area contributed by atoms with E-state index in [0.29, 0.717) is 0 Å². The van der Waals surface area contributed by atoms with Gasteiger partial charge < -0.3 is 4.48 Å². The third kappa shape index (κ3) is 0.710.